The molecule has 0 saturated carbocycles. The summed E-state index contributed by atoms with van der Waals surface area (Å²) in [6.45, 7) is -0.301. The Bertz CT molecular complexity index is 1180. The summed E-state index contributed by atoms with van der Waals surface area (Å²) >= 11 is 6.43. The van der Waals surface area contributed by atoms with E-state index in [0.717, 1.165) is 12.1 Å². The highest BCUT2D eigenvalue weighted by Crippen LogP contribution is 2.43. The molecular weight excluding hydrogens is 501 g/mol. The zero-order valence-corrected chi connectivity index (χ0v) is 19.3. The van der Waals surface area contributed by atoms with Gasteiger partial charge in [0, 0.05) is 10.6 Å². The zero-order chi connectivity index (χ0) is 26.0. The van der Waals surface area contributed by atoms with Crippen LogP contribution in [-0.2, 0) is 26.4 Å². The fraction of sp³-hybridized carbons (Fsp3) is 0.348. The number of carboxylic acids is 1. The van der Waals surface area contributed by atoms with Crippen LogP contribution in [0.5, 0.6) is 0 Å². The van der Waals surface area contributed by atoms with E-state index in [-0.39, 0.29) is 22.7 Å². The molecular formula is C23H23ClFN3O8. The molecule has 2 heterocycles. The minimum atomic E-state index is -2.07. The van der Waals surface area contributed by atoms with Gasteiger partial charge in [-0.3, -0.25) is 0 Å². The van der Waals surface area contributed by atoms with Crippen molar-refractivity contribution in [2.24, 2.45) is 0 Å². The average Bonchev–Trinajstić information content (AvgIpc) is 3.35. The lowest BCUT2D eigenvalue weighted by Crippen LogP contribution is -2.61. The highest BCUT2D eigenvalue weighted by molar-refractivity contribution is 6.31. The number of aliphatic hydroxyl groups is 4. The zero-order valence-electron chi connectivity index (χ0n) is 18.5. The van der Waals surface area contributed by atoms with E-state index in [1.807, 2.05) is 0 Å². The molecule has 1 saturated heterocycles. The molecule has 0 bridgehead atoms. The molecule has 2 unspecified atom stereocenters. The monoisotopic (exact) mass is 523 g/mol. The van der Waals surface area contributed by atoms with Gasteiger partial charge in [-0.15, -0.1) is 0 Å². The molecule has 1 aliphatic heterocycles. The van der Waals surface area contributed by atoms with E-state index in [1.54, 1.807) is 12.1 Å². The van der Waals surface area contributed by atoms with Crippen molar-refractivity contribution in [3.8, 4) is 0 Å². The van der Waals surface area contributed by atoms with Gasteiger partial charge in [0.2, 0.25) is 0 Å². The maximum atomic E-state index is 13.7. The number of carbonyl (C=O) groups is 1. The van der Waals surface area contributed by atoms with E-state index in [1.165, 1.54) is 41.6 Å². The number of halogens is 2. The summed E-state index contributed by atoms with van der Waals surface area (Å²) in [4.78, 5) is 15.4. The Hall–Kier alpha value is -2.97. The molecule has 13 heteroatoms. The molecule has 1 aromatic heterocycles. The predicted octanol–water partition coefficient (Wildman–Crippen LogP) is 0.608. The fourth-order valence-corrected chi connectivity index (χ4v) is 4.29. The van der Waals surface area contributed by atoms with Crippen molar-refractivity contribution in [2.45, 2.75) is 49.0 Å². The fourth-order valence-electron chi connectivity index (χ4n) is 4.05. The Morgan fingerprint density at radius 1 is 1.14 bits per heavy atom. The Morgan fingerprint density at radius 3 is 2.44 bits per heavy atom. The number of rotatable bonds is 8. The molecule has 1 fully saturated rings. The van der Waals surface area contributed by atoms with Crippen molar-refractivity contribution in [1.29, 1.82) is 0 Å². The van der Waals surface area contributed by atoms with Gasteiger partial charge in [-0.25, -0.2) is 18.9 Å². The first kappa shape index (κ1) is 26.1. The van der Waals surface area contributed by atoms with Gasteiger partial charge in [0.25, 0.3) is 0 Å². The van der Waals surface area contributed by atoms with Crippen LogP contribution in [0.15, 0.2) is 61.2 Å². The first-order valence-electron chi connectivity index (χ1n) is 10.7. The van der Waals surface area contributed by atoms with Crippen LogP contribution in [0.4, 0.5) is 4.39 Å². The second-order valence-electron chi connectivity index (χ2n) is 8.30. The van der Waals surface area contributed by atoms with E-state index in [4.69, 9.17) is 21.1 Å². The summed E-state index contributed by atoms with van der Waals surface area (Å²) in [5, 5.41) is 56.5. The minimum Gasteiger partial charge on any atom is -0.479 e. The lowest BCUT2D eigenvalue weighted by atomic mass is 9.83. The second kappa shape index (κ2) is 10.6. The molecule has 2 aromatic carbocycles. The van der Waals surface area contributed by atoms with Gasteiger partial charge in [-0.2, -0.15) is 5.10 Å². The summed E-state index contributed by atoms with van der Waals surface area (Å²) < 4.78 is 26.3. The van der Waals surface area contributed by atoms with E-state index >= 15 is 0 Å². The summed E-state index contributed by atoms with van der Waals surface area (Å²) in [6, 6.07) is 11.2. The average molecular weight is 524 g/mol. The van der Waals surface area contributed by atoms with Crippen LogP contribution in [-0.4, -0.2) is 77.0 Å². The molecule has 0 aliphatic carbocycles. The third-order valence-electron chi connectivity index (χ3n) is 5.92. The maximum Gasteiger partial charge on any atom is 0.335 e. The summed E-state index contributed by atoms with van der Waals surface area (Å²) in [5.74, 6) is -2.17. The third-order valence-corrected chi connectivity index (χ3v) is 6.26. The molecule has 11 nitrogen and oxygen atoms in total. The Kier molecular flexibility index (Phi) is 7.66. The standard InChI is InChI=1S/C23H23ClFN3O8/c24-15-4-2-1-3-14(15)20(36-22-18(31)16(29)17(30)19(35-22)21(32)33)23(34,9-28-11-26-10-27-28)12-5-7-13(25)8-6-12/h1-8,10-11,16-20,22,29-31,34H,9H2,(H,32,33)/t16-,17-,18+,19-,20?,22+,23?/m0/s1. The van der Waals surface area contributed by atoms with Crippen LogP contribution >= 0.6 is 11.6 Å². The van der Waals surface area contributed by atoms with Gasteiger partial charge in [0.05, 0.1) is 6.54 Å². The topological polar surface area (TPSA) is 167 Å². The number of ether oxygens (including phenoxy) is 2. The Morgan fingerprint density at radius 2 is 1.83 bits per heavy atom. The first-order chi connectivity index (χ1) is 17.1. The van der Waals surface area contributed by atoms with Gasteiger partial charge < -0.3 is 35.0 Å². The number of aromatic nitrogens is 3. The number of benzene rings is 2. The van der Waals surface area contributed by atoms with Crippen LogP contribution < -0.4 is 0 Å². The summed E-state index contributed by atoms with van der Waals surface area (Å²) in [6.07, 6.45) is -8.47. The predicted molar refractivity (Wildman–Crippen MR) is 120 cm³/mol. The number of aliphatic carboxylic acids is 1. The molecule has 36 heavy (non-hydrogen) atoms. The smallest absolute Gasteiger partial charge is 0.335 e. The summed E-state index contributed by atoms with van der Waals surface area (Å²) in [7, 11) is 0. The van der Waals surface area contributed by atoms with E-state index in [9.17, 15) is 34.7 Å². The lowest BCUT2D eigenvalue weighted by Gasteiger charge is -2.43. The van der Waals surface area contributed by atoms with Crippen LogP contribution in [0.25, 0.3) is 0 Å². The van der Waals surface area contributed by atoms with Crippen molar-refractivity contribution in [1.82, 2.24) is 14.8 Å². The SMILES string of the molecule is O=C(O)[C@H]1O[C@H](OC(c2ccccc2Cl)C(O)(Cn2cncn2)c2ccc(F)cc2)[C@H](O)[C@@H](O)[C@@H]1O. The lowest BCUT2D eigenvalue weighted by molar-refractivity contribution is -0.321. The normalized spacial score (nSPS) is 26.8. The number of aliphatic hydroxyl groups excluding tert-OH is 3. The van der Waals surface area contributed by atoms with Gasteiger partial charge in [0.1, 0.15) is 48.5 Å². The van der Waals surface area contributed by atoms with Crippen molar-refractivity contribution < 1.29 is 44.2 Å². The highest BCUT2D eigenvalue weighted by atomic mass is 35.5. The molecule has 5 N–H and O–H groups in total. The molecule has 7 atom stereocenters. The first-order valence-corrected chi connectivity index (χ1v) is 11.1. The quantitative estimate of drug-likeness (QED) is 0.282. The molecule has 1 aliphatic rings. The van der Waals surface area contributed by atoms with Gasteiger partial charge in [0.15, 0.2) is 12.4 Å². The van der Waals surface area contributed by atoms with Crippen LogP contribution in [0.3, 0.4) is 0 Å². The van der Waals surface area contributed by atoms with Gasteiger partial charge >= 0.3 is 5.97 Å². The van der Waals surface area contributed by atoms with E-state index in [2.05, 4.69) is 10.1 Å². The number of hydrogen-bond donors (Lipinski definition) is 5. The van der Waals surface area contributed by atoms with Crippen molar-refractivity contribution in [3.63, 3.8) is 0 Å². The molecule has 3 aromatic rings. The maximum absolute atomic E-state index is 13.7. The Balaban J connectivity index is 1.83. The van der Waals surface area contributed by atoms with Crippen LogP contribution in [0, 0.1) is 5.82 Å². The molecule has 0 spiro atoms. The Labute approximate surface area is 208 Å². The van der Waals surface area contributed by atoms with Crippen LogP contribution in [0.1, 0.15) is 17.2 Å². The largest absolute Gasteiger partial charge is 0.479 e. The molecule has 0 radical (unpaired) electrons. The van der Waals surface area contributed by atoms with Crippen molar-refractivity contribution in [3.05, 3.63) is 83.2 Å². The number of hydrogen-bond acceptors (Lipinski definition) is 9. The van der Waals surface area contributed by atoms with Gasteiger partial charge in [-0.05, 0) is 23.8 Å². The summed E-state index contributed by atoms with van der Waals surface area (Å²) in [5.41, 5.74) is -1.71. The highest BCUT2D eigenvalue weighted by Gasteiger charge is 2.51. The number of nitrogens with zero attached hydrogens (tertiary/aromatic N) is 3. The van der Waals surface area contributed by atoms with Crippen LogP contribution in [0.2, 0.25) is 5.02 Å². The second-order valence-corrected chi connectivity index (χ2v) is 8.70. The molecule has 4 rings (SSSR count). The van der Waals surface area contributed by atoms with Crippen molar-refractivity contribution >= 4 is 17.6 Å². The molecule has 0 amide bonds. The van der Waals surface area contributed by atoms with E-state index in [0.29, 0.717) is 0 Å². The number of carboxylic acid groups (broad SMARTS) is 1. The van der Waals surface area contributed by atoms with E-state index < -0.39 is 54.2 Å². The van der Waals surface area contributed by atoms with Crippen molar-refractivity contribution in [2.75, 3.05) is 0 Å². The third kappa shape index (κ3) is 5.11. The minimum absolute atomic E-state index is 0.141. The molecule has 192 valence electrons. The van der Waals surface area contributed by atoms with Gasteiger partial charge in [-0.1, -0.05) is 41.9 Å².